The second-order valence-electron chi connectivity index (χ2n) is 22.2. The molecular weight excluding hydrogens is 837 g/mol. The molecule has 0 unspecified atom stereocenters. The van der Waals surface area contributed by atoms with Crippen molar-refractivity contribution in [2.75, 3.05) is 27.2 Å². The summed E-state index contributed by atoms with van der Waals surface area (Å²) in [5.74, 6) is -2.41. The van der Waals surface area contributed by atoms with E-state index in [1.807, 2.05) is 37.2 Å². The fourth-order valence-corrected chi connectivity index (χ4v) is 6.02. The van der Waals surface area contributed by atoms with E-state index in [0.29, 0.717) is 42.7 Å². The summed E-state index contributed by atoms with van der Waals surface area (Å²) in [4.78, 5) is 73.9. The number of ether oxygens (including phenoxy) is 7. The molecule has 0 aliphatic carbocycles. The van der Waals surface area contributed by atoms with Crippen LogP contribution < -0.4 is 9.47 Å². The molecule has 0 radical (unpaired) electrons. The van der Waals surface area contributed by atoms with Crippen molar-refractivity contribution in [2.45, 2.75) is 154 Å². The molecule has 1 aromatic carbocycles. The van der Waals surface area contributed by atoms with Crippen LogP contribution in [0.3, 0.4) is 0 Å². The number of hydrogen-bond acceptors (Lipinski definition) is 15. The molecule has 0 amide bonds. The van der Waals surface area contributed by atoms with Crippen LogP contribution in [-0.4, -0.2) is 107 Å². The van der Waals surface area contributed by atoms with Crippen molar-refractivity contribution in [2.24, 2.45) is 27.1 Å². The van der Waals surface area contributed by atoms with Crippen LogP contribution in [-0.2, 0) is 67.0 Å². The summed E-state index contributed by atoms with van der Waals surface area (Å²) < 4.78 is 45.1. The molecule has 2 aromatic heterocycles. The van der Waals surface area contributed by atoms with Gasteiger partial charge in [-0.2, -0.15) is 0 Å². The van der Waals surface area contributed by atoms with Crippen LogP contribution in [0.5, 0.6) is 11.6 Å². The lowest BCUT2D eigenvalue weighted by Crippen LogP contribution is -2.65. The van der Waals surface area contributed by atoms with Gasteiger partial charge in [0.2, 0.25) is 18.3 Å². The Kier molecular flexibility index (Phi) is 16.3. The lowest BCUT2D eigenvalue weighted by Gasteiger charge is -2.45. The van der Waals surface area contributed by atoms with Gasteiger partial charge in [-0.25, -0.2) is 9.67 Å². The van der Waals surface area contributed by atoms with Gasteiger partial charge in [0.15, 0.2) is 17.9 Å². The maximum Gasteiger partial charge on any atom is 0.316 e. The third kappa shape index (κ3) is 14.2. The molecule has 16 nitrogen and oxygen atoms in total. The lowest BCUT2D eigenvalue weighted by atomic mass is 9.93. The Morgan fingerprint density at radius 1 is 0.646 bits per heavy atom. The second kappa shape index (κ2) is 20.2. The van der Waals surface area contributed by atoms with Crippen molar-refractivity contribution in [3.63, 3.8) is 0 Å². The minimum Gasteiger partial charge on any atom is -0.462 e. The standard InChI is InChI=1S/C49H72N4O12/c1-45(2,3)40(54)59-28-32-34(62-42(56)47(7,8)9)35(63-43(57)48(10,11)12)36(64-44(58)49(13,14)15)39(61-32)65-38-33-30(24-25-50-37(33)53(51-38)27-26-52(16)17)21-18-29-19-22-31(23-20-29)60-41(55)46(4,5)6/h19-20,22-25,32,34-36,39H,18,21,26-28H2,1-17H3/t32-,34-,35+,36-,39+/m1/s1. The van der Waals surface area contributed by atoms with Gasteiger partial charge in [-0.1, -0.05) is 12.1 Å². The highest BCUT2D eigenvalue weighted by atomic mass is 16.7. The number of carbonyl (C=O) groups is 5. The van der Waals surface area contributed by atoms with Crippen molar-refractivity contribution in [1.29, 1.82) is 0 Å². The number of pyridine rings is 1. The predicted molar refractivity (Wildman–Crippen MR) is 243 cm³/mol. The molecule has 65 heavy (non-hydrogen) atoms. The average molecular weight is 909 g/mol. The number of benzene rings is 1. The summed E-state index contributed by atoms with van der Waals surface area (Å²) in [7, 11) is 3.88. The maximum absolute atomic E-state index is 13.9. The number of rotatable bonds is 14. The molecule has 1 aliphatic heterocycles. The minimum atomic E-state index is -1.56. The van der Waals surface area contributed by atoms with Crippen molar-refractivity contribution < 1.29 is 57.1 Å². The Hall–Kier alpha value is -5.09. The molecule has 0 N–H and O–H groups in total. The number of hydrogen-bond donors (Lipinski definition) is 0. The zero-order valence-corrected chi connectivity index (χ0v) is 41.6. The molecular formula is C49H72N4O12. The summed E-state index contributed by atoms with van der Waals surface area (Å²) in [6, 6.07) is 9.20. The van der Waals surface area contributed by atoms with Crippen molar-refractivity contribution in [3.05, 3.63) is 47.7 Å². The van der Waals surface area contributed by atoms with Gasteiger partial charge in [-0.05, 0) is 160 Å². The highest BCUT2D eigenvalue weighted by molar-refractivity contribution is 5.85. The number of aromatic nitrogens is 3. The Morgan fingerprint density at radius 2 is 1.15 bits per heavy atom. The number of fused-ring (bicyclic) bond motifs is 1. The van der Waals surface area contributed by atoms with E-state index in [1.165, 1.54) is 0 Å². The average Bonchev–Trinajstić information content (AvgIpc) is 3.53. The molecule has 3 aromatic rings. The largest absolute Gasteiger partial charge is 0.462 e. The molecule has 1 saturated heterocycles. The highest BCUT2D eigenvalue weighted by Gasteiger charge is 2.56. The molecule has 1 aliphatic rings. The predicted octanol–water partition coefficient (Wildman–Crippen LogP) is 7.30. The smallest absolute Gasteiger partial charge is 0.316 e. The Labute approximate surface area is 384 Å². The van der Waals surface area contributed by atoms with Crippen molar-refractivity contribution >= 4 is 40.9 Å². The van der Waals surface area contributed by atoms with E-state index in [1.54, 1.807) is 127 Å². The Bertz CT molecular complexity index is 2160. The van der Waals surface area contributed by atoms with Gasteiger partial charge in [-0.15, -0.1) is 5.10 Å². The van der Waals surface area contributed by atoms with E-state index >= 15 is 0 Å². The van der Waals surface area contributed by atoms with Gasteiger partial charge in [0.25, 0.3) is 0 Å². The van der Waals surface area contributed by atoms with E-state index < -0.39 is 88.3 Å². The third-order valence-electron chi connectivity index (χ3n) is 10.3. The summed E-state index contributed by atoms with van der Waals surface area (Å²) >= 11 is 0. The number of esters is 5. The normalized spacial score (nSPS) is 19.7. The SMILES string of the molecule is CN(C)CCn1nc(O[C@@H]2O[C@H](COC(=O)C(C)(C)C)[C@@H](OC(=O)C(C)(C)C)[C@H](OC(=O)C(C)(C)C)[C@H]2OC(=O)C(C)(C)C)c2c(CCc3ccc(OC(=O)C(C)(C)C)cc3)ccnc21. The van der Waals surface area contributed by atoms with E-state index in [2.05, 4.69) is 0 Å². The van der Waals surface area contributed by atoms with E-state index in [0.717, 1.165) is 11.1 Å². The molecule has 0 spiro atoms. The highest BCUT2D eigenvalue weighted by Crippen LogP contribution is 2.37. The monoisotopic (exact) mass is 909 g/mol. The molecule has 1 fully saturated rings. The lowest BCUT2D eigenvalue weighted by molar-refractivity contribution is -0.294. The van der Waals surface area contributed by atoms with Crippen molar-refractivity contribution in [3.8, 4) is 11.6 Å². The van der Waals surface area contributed by atoms with Gasteiger partial charge >= 0.3 is 29.8 Å². The number of likely N-dealkylation sites (N-methyl/N-ethyl adjacent to an activating group) is 1. The van der Waals surface area contributed by atoms with Crippen LogP contribution in [0.1, 0.15) is 115 Å². The first kappa shape index (κ1) is 52.5. The van der Waals surface area contributed by atoms with Crippen LogP contribution >= 0.6 is 0 Å². The fourth-order valence-electron chi connectivity index (χ4n) is 6.02. The van der Waals surface area contributed by atoms with Crippen molar-refractivity contribution in [1.82, 2.24) is 19.7 Å². The Morgan fingerprint density at radius 3 is 1.66 bits per heavy atom. The number of nitrogens with zero attached hydrogens (tertiary/aromatic N) is 4. The molecule has 16 heteroatoms. The zero-order chi connectivity index (χ0) is 49.0. The summed E-state index contributed by atoms with van der Waals surface area (Å²) in [6.07, 6.45) is -4.54. The van der Waals surface area contributed by atoms with Gasteiger partial charge in [0, 0.05) is 12.7 Å². The minimum absolute atomic E-state index is 0.0876. The molecule has 4 rings (SSSR count). The third-order valence-corrected chi connectivity index (χ3v) is 10.3. The van der Waals surface area contributed by atoms with Crippen LogP contribution in [0, 0.1) is 27.1 Å². The summed E-state index contributed by atoms with van der Waals surface area (Å²) in [6.45, 7) is 26.0. The zero-order valence-electron chi connectivity index (χ0n) is 41.6. The fraction of sp³-hybridized carbons (Fsp3) is 0.653. The van der Waals surface area contributed by atoms with Crippen LogP contribution in [0.25, 0.3) is 11.0 Å². The number of aryl methyl sites for hydroxylation is 2. The molecule has 5 atom stereocenters. The first-order valence-electron chi connectivity index (χ1n) is 22.2. The van der Waals surface area contributed by atoms with E-state index in [9.17, 15) is 24.0 Å². The van der Waals surface area contributed by atoms with Gasteiger partial charge < -0.3 is 38.1 Å². The van der Waals surface area contributed by atoms with Gasteiger partial charge in [-0.3, -0.25) is 24.0 Å². The molecule has 360 valence electrons. The van der Waals surface area contributed by atoms with Crippen LogP contribution in [0.15, 0.2) is 36.5 Å². The number of carbonyl (C=O) groups excluding carboxylic acids is 5. The molecule has 0 bridgehead atoms. The molecule has 0 saturated carbocycles. The van der Waals surface area contributed by atoms with E-state index in [4.69, 9.17) is 43.2 Å². The second-order valence-corrected chi connectivity index (χ2v) is 22.2. The van der Waals surface area contributed by atoms with Gasteiger partial charge in [0.1, 0.15) is 18.5 Å². The van der Waals surface area contributed by atoms with Crippen LogP contribution in [0.4, 0.5) is 0 Å². The molecule has 3 heterocycles. The Balaban J connectivity index is 1.88. The van der Waals surface area contributed by atoms with Gasteiger partial charge in [0.05, 0.1) is 39.0 Å². The summed E-state index contributed by atoms with van der Waals surface area (Å²) in [5, 5.41) is 5.47. The maximum atomic E-state index is 13.9. The van der Waals surface area contributed by atoms with Crippen LogP contribution in [0.2, 0.25) is 0 Å². The first-order chi connectivity index (χ1) is 29.8. The van der Waals surface area contributed by atoms with E-state index in [-0.39, 0.29) is 11.8 Å². The quantitative estimate of drug-likeness (QED) is 0.0892. The summed E-state index contributed by atoms with van der Waals surface area (Å²) in [5.41, 5.74) is -2.38. The first-order valence-corrected chi connectivity index (χ1v) is 22.2. The topological polar surface area (TPSA) is 184 Å².